The largest absolute Gasteiger partial charge is 0.313 e. The van der Waals surface area contributed by atoms with Gasteiger partial charge in [-0.05, 0) is 31.7 Å². The van der Waals surface area contributed by atoms with Crippen molar-refractivity contribution in [1.29, 1.82) is 0 Å². The summed E-state index contributed by atoms with van der Waals surface area (Å²) in [5.74, 6) is 0. The number of nitrogens with one attached hydrogen (secondary N) is 2. The third-order valence-electron chi connectivity index (χ3n) is 3.02. The number of hydrogen-bond donors (Lipinski definition) is 2. The number of benzene rings is 1. The first-order chi connectivity index (χ1) is 9.53. The molecule has 0 saturated carbocycles. The molecule has 2 aromatic rings. The predicted octanol–water partition coefficient (Wildman–Crippen LogP) is 1.90. The highest BCUT2D eigenvalue weighted by molar-refractivity contribution is 7.89. The van der Waals surface area contributed by atoms with E-state index in [9.17, 15) is 8.42 Å². The molecule has 1 unspecified atom stereocenters. The first-order valence-electron chi connectivity index (χ1n) is 6.17. The van der Waals surface area contributed by atoms with Crippen molar-refractivity contribution in [2.45, 2.75) is 24.4 Å². The minimum atomic E-state index is -3.50. The van der Waals surface area contributed by atoms with Crippen LogP contribution in [0.4, 0.5) is 0 Å². The van der Waals surface area contributed by atoms with E-state index in [1.807, 2.05) is 20.0 Å². The molecule has 20 heavy (non-hydrogen) atoms. The number of rotatable bonds is 6. The first kappa shape index (κ1) is 15.1. The van der Waals surface area contributed by atoms with Crippen LogP contribution in [-0.4, -0.2) is 20.4 Å². The van der Waals surface area contributed by atoms with Crippen molar-refractivity contribution in [3.8, 4) is 0 Å². The lowest BCUT2D eigenvalue weighted by Gasteiger charge is -2.12. The Balaban J connectivity index is 2.16. The van der Waals surface area contributed by atoms with Crippen molar-refractivity contribution >= 4 is 21.4 Å². The van der Waals surface area contributed by atoms with Crippen LogP contribution < -0.4 is 10.0 Å². The quantitative estimate of drug-likeness (QED) is 0.855. The summed E-state index contributed by atoms with van der Waals surface area (Å²) in [6, 6.07) is 7.05. The van der Waals surface area contributed by atoms with Crippen LogP contribution in [0.5, 0.6) is 0 Å². The molecule has 1 heterocycles. The second-order valence-corrected chi connectivity index (χ2v) is 7.11. The summed E-state index contributed by atoms with van der Waals surface area (Å²) in [5, 5.41) is 3.09. The highest BCUT2D eigenvalue weighted by Gasteiger charge is 2.15. The van der Waals surface area contributed by atoms with Crippen molar-refractivity contribution in [2.24, 2.45) is 0 Å². The lowest BCUT2D eigenvalue weighted by atomic mass is 10.1. The third kappa shape index (κ3) is 3.63. The Kier molecular flexibility index (Phi) is 4.87. The van der Waals surface area contributed by atoms with Crippen LogP contribution in [0.1, 0.15) is 23.4 Å². The molecule has 1 aromatic carbocycles. The van der Waals surface area contributed by atoms with Crippen LogP contribution in [0, 0.1) is 0 Å². The topological polar surface area (TPSA) is 71.1 Å². The van der Waals surface area contributed by atoms with Gasteiger partial charge in [0.1, 0.15) is 0 Å². The van der Waals surface area contributed by atoms with E-state index >= 15 is 0 Å². The minimum Gasteiger partial charge on any atom is -0.313 e. The lowest BCUT2D eigenvalue weighted by Crippen LogP contribution is -2.23. The molecule has 0 amide bonds. The van der Waals surface area contributed by atoms with Gasteiger partial charge in [0.2, 0.25) is 10.0 Å². The van der Waals surface area contributed by atoms with Gasteiger partial charge < -0.3 is 5.32 Å². The molecule has 0 aliphatic carbocycles. The van der Waals surface area contributed by atoms with E-state index in [2.05, 4.69) is 15.0 Å². The normalized spacial score (nSPS) is 13.3. The van der Waals surface area contributed by atoms with Gasteiger partial charge in [-0.1, -0.05) is 12.1 Å². The average Bonchev–Trinajstić information content (AvgIpc) is 2.98. The number of thiazole rings is 1. The molecular weight excluding hydrogens is 294 g/mol. The van der Waals surface area contributed by atoms with Crippen molar-refractivity contribution in [3.05, 3.63) is 46.4 Å². The first-order valence-corrected chi connectivity index (χ1v) is 8.53. The van der Waals surface area contributed by atoms with Crippen LogP contribution in [-0.2, 0) is 16.6 Å². The molecule has 0 aliphatic heterocycles. The summed E-state index contributed by atoms with van der Waals surface area (Å²) in [6.07, 6.45) is 1.66. The van der Waals surface area contributed by atoms with Gasteiger partial charge >= 0.3 is 0 Å². The summed E-state index contributed by atoms with van der Waals surface area (Å²) in [4.78, 5) is 5.08. The summed E-state index contributed by atoms with van der Waals surface area (Å²) >= 11 is 1.42. The molecule has 1 atom stereocenters. The Bertz CT molecular complexity index is 654. The molecule has 2 rings (SSSR count). The number of aromatic nitrogens is 1. The minimum absolute atomic E-state index is 0.103. The Morgan fingerprint density at radius 3 is 2.85 bits per heavy atom. The van der Waals surface area contributed by atoms with Gasteiger partial charge in [-0.2, -0.15) is 0 Å². The van der Waals surface area contributed by atoms with Crippen LogP contribution in [0.3, 0.4) is 0 Å². The smallest absolute Gasteiger partial charge is 0.240 e. The zero-order valence-corrected chi connectivity index (χ0v) is 13.0. The summed E-state index contributed by atoms with van der Waals surface area (Å²) < 4.78 is 27.1. The molecule has 1 aromatic heterocycles. The molecule has 0 fully saturated rings. The van der Waals surface area contributed by atoms with Gasteiger partial charge in [0.25, 0.3) is 0 Å². The van der Waals surface area contributed by atoms with E-state index in [4.69, 9.17) is 0 Å². The van der Waals surface area contributed by atoms with Crippen LogP contribution in [0.2, 0.25) is 0 Å². The maximum atomic E-state index is 12.2. The standard InChI is InChI=1S/C13H17N3O2S2/c1-10(14-2)11-4-3-5-13(6-11)20(17,18)16-8-12-7-15-9-19-12/h3-7,9-10,14,16H,8H2,1-2H3. The second kappa shape index (κ2) is 6.45. The molecular formula is C13H17N3O2S2. The number of sulfonamides is 1. The molecule has 0 radical (unpaired) electrons. The van der Waals surface area contributed by atoms with Gasteiger partial charge in [0.05, 0.1) is 10.4 Å². The average molecular weight is 311 g/mol. The Hall–Kier alpha value is -1.28. The molecule has 2 N–H and O–H groups in total. The molecule has 108 valence electrons. The number of hydrogen-bond acceptors (Lipinski definition) is 5. The zero-order chi connectivity index (χ0) is 14.6. The fourth-order valence-corrected chi connectivity index (χ4v) is 3.38. The van der Waals surface area contributed by atoms with E-state index in [0.29, 0.717) is 0 Å². The third-order valence-corrected chi connectivity index (χ3v) is 5.20. The van der Waals surface area contributed by atoms with E-state index in [0.717, 1.165) is 10.4 Å². The van der Waals surface area contributed by atoms with Crippen LogP contribution >= 0.6 is 11.3 Å². The molecule has 5 nitrogen and oxygen atoms in total. The van der Waals surface area contributed by atoms with Gasteiger partial charge in [0, 0.05) is 23.7 Å². The highest BCUT2D eigenvalue weighted by atomic mass is 32.2. The molecule has 0 aliphatic rings. The van der Waals surface area contributed by atoms with Gasteiger partial charge in [-0.3, -0.25) is 4.98 Å². The summed E-state index contributed by atoms with van der Waals surface area (Å²) in [5.41, 5.74) is 2.62. The SMILES string of the molecule is CNC(C)c1cccc(S(=O)(=O)NCc2cncs2)c1. The fourth-order valence-electron chi connectivity index (χ4n) is 1.70. The second-order valence-electron chi connectivity index (χ2n) is 4.38. The molecule has 0 bridgehead atoms. The van der Waals surface area contributed by atoms with E-state index < -0.39 is 10.0 Å². The number of nitrogens with zero attached hydrogens (tertiary/aromatic N) is 1. The van der Waals surface area contributed by atoms with Gasteiger partial charge in [0.15, 0.2) is 0 Å². The van der Waals surface area contributed by atoms with Crippen LogP contribution in [0.25, 0.3) is 0 Å². The highest BCUT2D eigenvalue weighted by Crippen LogP contribution is 2.17. The predicted molar refractivity (Wildman–Crippen MR) is 80.1 cm³/mol. The van der Waals surface area contributed by atoms with Gasteiger partial charge in [-0.15, -0.1) is 11.3 Å². The maximum Gasteiger partial charge on any atom is 0.240 e. The Labute approximate surface area is 123 Å². The summed E-state index contributed by atoms with van der Waals surface area (Å²) in [6.45, 7) is 2.25. The lowest BCUT2D eigenvalue weighted by molar-refractivity contribution is 0.581. The Morgan fingerprint density at radius 1 is 1.40 bits per heavy atom. The van der Waals surface area contributed by atoms with Crippen molar-refractivity contribution in [2.75, 3.05) is 7.05 Å². The monoisotopic (exact) mass is 311 g/mol. The molecule has 0 spiro atoms. The molecule has 0 saturated heterocycles. The van der Waals surface area contributed by atoms with E-state index in [-0.39, 0.29) is 17.5 Å². The molecule has 7 heteroatoms. The van der Waals surface area contributed by atoms with Crippen LogP contribution in [0.15, 0.2) is 40.9 Å². The van der Waals surface area contributed by atoms with E-state index in [1.54, 1.807) is 29.9 Å². The summed E-state index contributed by atoms with van der Waals surface area (Å²) in [7, 11) is -1.66. The fraction of sp³-hybridized carbons (Fsp3) is 0.308. The van der Waals surface area contributed by atoms with Crippen molar-refractivity contribution in [3.63, 3.8) is 0 Å². The maximum absolute atomic E-state index is 12.2. The zero-order valence-electron chi connectivity index (χ0n) is 11.3. The van der Waals surface area contributed by atoms with Crippen molar-refractivity contribution < 1.29 is 8.42 Å². The van der Waals surface area contributed by atoms with Gasteiger partial charge in [-0.25, -0.2) is 13.1 Å². The van der Waals surface area contributed by atoms with Crippen molar-refractivity contribution in [1.82, 2.24) is 15.0 Å². The Morgan fingerprint density at radius 2 is 2.20 bits per heavy atom. The van der Waals surface area contributed by atoms with E-state index in [1.165, 1.54) is 11.3 Å².